The van der Waals surface area contributed by atoms with Crippen molar-refractivity contribution in [2.45, 2.75) is 26.3 Å². The highest BCUT2D eigenvalue weighted by molar-refractivity contribution is 5.98. The molecule has 0 radical (unpaired) electrons. The Bertz CT molecular complexity index is 381. The van der Waals surface area contributed by atoms with E-state index < -0.39 is 0 Å². The summed E-state index contributed by atoms with van der Waals surface area (Å²) in [6.45, 7) is 5.61. The molecule has 0 heterocycles. The van der Waals surface area contributed by atoms with Crippen LogP contribution in [0.1, 0.15) is 31.1 Å². The van der Waals surface area contributed by atoms with Gasteiger partial charge in [-0.1, -0.05) is 0 Å². The van der Waals surface area contributed by atoms with E-state index in [-0.39, 0.29) is 22.8 Å². The smallest absolute Gasteiger partial charge is 0.255 e. The molecule has 0 fully saturated rings. The molecule has 4 N–H and O–H groups in total. The fourth-order valence-electron chi connectivity index (χ4n) is 1.14. The average molecular weight is 208 g/mol. The van der Waals surface area contributed by atoms with E-state index in [2.05, 4.69) is 5.32 Å². The van der Waals surface area contributed by atoms with Crippen LogP contribution in [0.5, 0.6) is 5.75 Å². The van der Waals surface area contributed by atoms with Gasteiger partial charge in [0.1, 0.15) is 5.75 Å². The molecule has 0 bridgehead atoms. The lowest BCUT2D eigenvalue weighted by Crippen LogP contribution is -2.40. The number of phenolic OH excluding ortho intramolecular Hbond substituents is 1. The van der Waals surface area contributed by atoms with Gasteiger partial charge in [0.25, 0.3) is 5.91 Å². The van der Waals surface area contributed by atoms with Crippen molar-refractivity contribution >= 4 is 11.6 Å². The highest BCUT2D eigenvalue weighted by Crippen LogP contribution is 2.20. The van der Waals surface area contributed by atoms with E-state index in [0.717, 1.165) is 0 Å². The summed E-state index contributed by atoms with van der Waals surface area (Å²) in [6.07, 6.45) is 0. The van der Waals surface area contributed by atoms with E-state index in [1.54, 1.807) is 6.07 Å². The minimum Gasteiger partial charge on any atom is -0.507 e. The van der Waals surface area contributed by atoms with E-state index >= 15 is 0 Å². The van der Waals surface area contributed by atoms with Crippen LogP contribution in [0.3, 0.4) is 0 Å². The molecule has 0 spiro atoms. The molecule has 1 rings (SSSR count). The number of hydrogen-bond donors (Lipinski definition) is 3. The summed E-state index contributed by atoms with van der Waals surface area (Å²) in [6, 6.07) is 4.41. The lowest BCUT2D eigenvalue weighted by molar-refractivity contribution is 0.0917. The fourth-order valence-corrected chi connectivity index (χ4v) is 1.14. The minimum atomic E-state index is -0.339. The quantitative estimate of drug-likeness (QED) is 0.483. The predicted octanol–water partition coefficient (Wildman–Crippen LogP) is 1.50. The van der Waals surface area contributed by atoms with Crippen LogP contribution in [-0.2, 0) is 0 Å². The van der Waals surface area contributed by atoms with Crippen LogP contribution >= 0.6 is 0 Å². The first-order chi connectivity index (χ1) is 6.79. The summed E-state index contributed by atoms with van der Waals surface area (Å²) in [4.78, 5) is 11.7. The van der Waals surface area contributed by atoms with Gasteiger partial charge in [-0.15, -0.1) is 0 Å². The normalized spacial score (nSPS) is 11.1. The van der Waals surface area contributed by atoms with Crippen LogP contribution in [0, 0.1) is 0 Å². The number of anilines is 1. The molecule has 0 atom stereocenters. The number of carbonyl (C=O) groups is 1. The summed E-state index contributed by atoms with van der Waals surface area (Å²) in [7, 11) is 0. The Morgan fingerprint density at radius 1 is 1.40 bits per heavy atom. The van der Waals surface area contributed by atoms with E-state index in [1.807, 2.05) is 20.8 Å². The van der Waals surface area contributed by atoms with Crippen LogP contribution < -0.4 is 11.1 Å². The molecule has 0 saturated heterocycles. The topological polar surface area (TPSA) is 75.4 Å². The molecule has 0 saturated carbocycles. The highest BCUT2D eigenvalue weighted by Gasteiger charge is 2.17. The van der Waals surface area contributed by atoms with Crippen LogP contribution in [0.2, 0.25) is 0 Å². The summed E-state index contributed by atoms with van der Waals surface area (Å²) < 4.78 is 0. The maximum absolute atomic E-state index is 11.7. The Balaban J connectivity index is 2.96. The van der Waals surface area contributed by atoms with Crippen LogP contribution in [0.25, 0.3) is 0 Å². The van der Waals surface area contributed by atoms with Gasteiger partial charge in [0.05, 0.1) is 5.56 Å². The number of nitrogen functional groups attached to an aromatic ring is 1. The first kappa shape index (κ1) is 11.4. The van der Waals surface area contributed by atoms with Gasteiger partial charge in [0.2, 0.25) is 0 Å². The predicted molar refractivity (Wildman–Crippen MR) is 59.7 cm³/mol. The molecule has 82 valence electrons. The molecular formula is C11H16N2O2. The van der Waals surface area contributed by atoms with Crippen molar-refractivity contribution in [3.8, 4) is 5.75 Å². The minimum absolute atomic E-state index is 0.0639. The summed E-state index contributed by atoms with van der Waals surface area (Å²) >= 11 is 0. The number of nitrogens with one attached hydrogen (secondary N) is 1. The van der Waals surface area contributed by atoms with Gasteiger partial charge >= 0.3 is 0 Å². The van der Waals surface area contributed by atoms with Gasteiger partial charge in [-0.25, -0.2) is 0 Å². The monoisotopic (exact) mass is 208 g/mol. The van der Waals surface area contributed by atoms with Gasteiger partial charge in [-0.2, -0.15) is 0 Å². The van der Waals surface area contributed by atoms with Crippen LogP contribution in [-0.4, -0.2) is 16.6 Å². The van der Waals surface area contributed by atoms with Crippen molar-refractivity contribution in [3.63, 3.8) is 0 Å². The van der Waals surface area contributed by atoms with E-state index in [9.17, 15) is 9.90 Å². The molecule has 0 aliphatic heterocycles. The fraction of sp³-hybridized carbons (Fsp3) is 0.364. The van der Waals surface area contributed by atoms with Gasteiger partial charge < -0.3 is 16.2 Å². The largest absolute Gasteiger partial charge is 0.507 e. The van der Waals surface area contributed by atoms with E-state index in [4.69, 9.17) is 5.73 Å². The van der Waals surface area contributed by atoms with Gasteiger partial charge in [-0.05, 0) is 39.0 Å². The molecule has 15 heavy (non-hydrogen) atoms. The first-order valence-corrected chi connectivity index (χ1v) is 4.70. The van der Waals surface area contributed by atoms with Gasteiger partial charge in [-0.3, -0.25) is 4.79 Å². The number of aromatic hydroxyl groups is 1. The molecule has 0 aliphatic carbocycles. The molecule has 1 amide bonds. The number of carbonyl (C=O) groups excluding carboxylic acids is 1. The third-order valence-corrected chi connectivity index (χ3v) is 1.75. The average Bonchev–Trinajstić information content (AvgIpc) is 2.06. The van der Waals surface area contributed by atoms with Crippen molar-refractivity contribution in [1.82, 2.24) is 5.32 Å². The number of benzene rings is 1. The third-order valence-electron chi connectivity index (χ3n) is 1.75. The molecule has 0 aromatic heterocycles. The van der Waals surface area contributed by atoms with Crippen molar-refractivity contribution in [2.24, 2.45) is 0 Å². The lowest BCUT2D eigenvalue weighted by atomic mass is 10.1. The lowest BCUT2D eigenvalue weighted by Gasteiger charge is -2.20. The standard InChI is InChI=1S/C11H16N2O2/c1-11(2,3)13-10(15)8-6-7(12)4-5-9(8)14/h4-6,14H,12H2,1-3H3,(H,13,15). The van der Waals surface area contributed by atoms with Gasteiger partial charge in [0, 0.05) is 11.2 Å². The number of amides is 1. The first-order valence-electron chi connectivity index (χ1n) is 4.70. The van der Waals surface area contributed by atoms with Crippen LogP contribution in [0.15, 0.2) is 18.2 Å². The molecule has 0 aliphatic rings. The SMILES string of the molecule is CC(C)(C)NC(=O)c1cc(N)ccc1O. The maximum Gasteiger partial charge on any atom is 0.255 e. The molecule has 4 nitrogen and oxygen atoms in total. The summed E-state index contributed by atoms with van der Waals surface area (Å²) in [5, 5.41) is 12.2. The molecule has 1 aromatic carbocycles. The zero-order chi connectivity index (χ0) is 11.6. The Morgan fingerprint density at radius 2 is 2.00 bits per heavy atom. The Labute approximate surface area is 89.1 Å². The number of nitrogens with two attached hydrogens (primary N) is 1. The van der Waals surface area contributed by atoms with E-state index in [1.165, 1.54) is 12.1 Å². The zero-order valence-corrected chi connectivity index (χ0v) is 9.16. The second kappa shape index (κ2) is 3.81. The molecule has 0 unspecified atom stereocenters. The highest BCUT2D eigenvalue weighted by atomic mass is 16.3. The summed E-state index contributed by atoms with van der Waals surface area (Å²) in [5.41, 5.74) is 5.85. The van der Waals surface area contributed by atoms with Gasteiger partial charge in [0.15, 0.2) is 0 Å². The molecule has 1 aromatic rings. The molecule has 4 heteroatoms. The Morgan fingerprint density at radius 3 is 2.53 bits per heavy atom. The zero-order valence-electron chi connectivity index (χ0n) is 9.16. The number of hydrogen-bond acceptors (Lipinski definition) is 3. The van der Waals surface area contributed by atoms with Crippen LogP contribution in [0.4, 0.5) is 5.69 Å². The Kier molecular flexibility index (Phi) is 2.88. The molecular weight excluding hydrogens is 192 g/mol. The van der Waals surface area contributed by atoms with E-state index in [0.29, 0.717) is 5.69 Å². The summed E-state index contributed by atoms with van der Waals surface area (Å²) in [5.74, 6) is -0.391. The van der Waals surface area contributed by atoms with Crippen molar-refractivity contribution < 1.29 is 9.90 Å². The Hall–Kier alpha value is -1.71. The number of rotatable bonds is 1. The second-order valence-corrected chi connectivity index (χ2v) is 4.48. The van der Waals surface area contributed by atoms with Crippen molar-refractivity contribution in [2.75, 3.05) is 5.73 Å². The maximum atomic E-state index is 11.7. The third kappa shape index (κ3) is 3.16. The second-order valence-electron chi connectivity index (χ2n) is 4.48. The van der Waals surface area contributed by atoms with Crippen molar-refractivity contribution in [1.29, 1.82) is 0 Å². The van der Waals surface area contributed by atoms with Crippen molar-refractivity contribution in [3.05, 3.63) is 23.8 Å². The number of phenols is 1.